The van der Waals surface area contributed by atoms with Gasteiger partial charge in [0.15, 0.2) is 4.93 Å². The van der Waals surface area contributed by atoms with Crippen LogP contribution in [0.4, 0.5) is 5.69 Å². The van der Waals surface area contributed by atoms with Crippen LogP contribution in [0, 0.1) is 23.7 Å². The Labute approximate surface area is 158 Å². The molecule has 0 amide bonds. The fourth-order valence-electron chi connectivity index (χ4n) is 5.57. The molecule has 0 N–H and O–H groups in total. The first-order valence-corrected chi connectivity index (χ1v) is 10.3. The van der Waals surface area contributed by atoms with E-state index in [-0.39, 0.29) is 10.9 Å². The van der Waals surface area contributed by atoms with Crippen LogP contribution >= 0.6 is 11.8 Å². The van der Waals surface area contributed by atoms with Crippen molar-refractivity contribution in [2.75, 3.05) is 7.11 Å². The number of rotatable bonds is 2. The van der Waals surface area contributed by atoms with Crippen LogP contribution in [0.3, 0.4) is 0 Å². The van der Waals surface area contributed by atoms with E-state index in [1.807, 2.05) is 30.3 Å². The van der Waals surface area contributed by atoms with Gasteiger partial charge < -0.3 is 9.47 Å². The SMILES string of the molecule is COC(=O)/C=C1\SC2(OC1=Nc1ccccc1)C1CC3CC(C1)CC2C3. The minimum absolute atomic E-state index is 0.235. The van der Waals surface area contributed by atoms with Crippen molar-refractivity contribution in [1.29, 1.82) is 0 Å². The first kappa shape index (κ1) is 16.4. The zero-order valence-corrected chi connectivity index (χ0v) is 15.7. The van der Waals surface area contributed by atoms with E-state index in [4.69, 9.17) is 14.5 Å². The van der Waals surface area contributed by atoms with E-state index in [1.54, 1.807) is 17.8 Å². The summed E-state index contributed by atoms with van der Waals surface area (Å²) in [6.45, 7) is 0. The van der Waals surface area contributed by atoms with E-state index >= 15 is 0 Å². The highest BCUT2D eigenvalue weighted by molar-refractivity contribution is 8.05. The third kappa shape index (κ3) is 2.59. The summed E-state index contributed by atoms with van der Waals surface area (Å²) in [7, 11) is 1.41. The van der Waals surface area contributed by atoms with E-state index < -0.39 is 0 Å². The fourth-order valence-corrected chi connectivity index (χ4v) is 7.08. The van der Waals surface area contributed by atoms with Crippen LogP contribution in [0.25, 0.3) is 0 Å². The lowest BCUT2D eigenvalue weighted by atomic mass is 9.54. The molecule has 5 heteroatoms. The number of nitrogens with zero attached hydrogens (tertiary/aromatic N) is 1. The monoisotopic (exact) mass is 369 g/mol. The van der Waals surface area contributed by atoms with Crippen molar-refractivity contribution in [3.05, 3.63) is 41.3 Å². The molecule has 5 aliphatic rings. The van der Waals surface area contributed by atoms with Crippen LogP contribution in [0.15, 0.2) is 46.3 Å². The molecule has 4 aliphatic carbocycles. The van der Waals surface area contributed by atoms with Gasteiger partial charge in [-0.2, -0.15) is 0 Å². The highest BCUT2D eigenvalue weighted by Gasteiger charge is 2.62. The van der Waals surface area contributed by atoms with Gasteiger partial charge in [-0.05, 0) is 56.1 Å². The number of hydrogen-bond acceptors (Lipinski definition) is 5. The van der Waals surface area contributed by atoms with Crippen LogP contribution in [-0.2, 0) is 14.3 Å². The summed E-state index contributed by atoms with van der Waals surface area (Å²) in [6.07, 6.45) is 7.97. The van der Waals surface area contributed by atoms with Crippen LogP contribution in [0.1, 0.15) is 32.1 Å². The number of para-hydroxylation sites is 1. The second-order valence-corrected chi connectivity index (χ2v) is 9.30. The molecule has 1 spiro atoms. The molecule has 4 saturated carbocycles. The summed E-state index contributed by atoms with van der Waals surface area (Å²) >= 11 is 1.73. The normalized spacial score (nSPS) is 40.3. The van der Waals surface area contributed by atoms with Gasteiger partial charge in [-0.1, -0.05) is 30.0 Å². The zero-order chi connectivity index (χ0) is 17.7. The highest BCUT2D eigenvalue weighted by atomic mass is 32.2. The van der Waals surface area contributed by atoms with Gasteiger partial charge in [-0.15, -0.1) is 0 Å². The van der Waals surface area contributed by atoms with Crippen LogP contribution in [0.2, 0.25) is 0 Å². The minimum Gasteiger partial charge on any atom is -0.466 e. The maximum Gasteiger partial charge on any atom is 0.331 e. The predicted octanol–water partition coefficient (Wildman–Crippen LogP) is 4.69. The molecule has 0 atom stereocenters. The largest absolute Gasteiger partial charge is 0.466 e. The Balaban J connectivity index is 1.53. The quantitative estimate of drug-likeness (QED) is 0.560. The van der Waals surface area contributed by atoms with E-state index in [9.17, 15) is 4.79 Å². The van der Waals surface area contributed by atoms with Crippen LogP contribution in [0.5, 0.6) is 0 Å². The summed E-state index contributed by atoms with van der Waals surface area (Å²) in [6, 6.07) is 9.81. The number of ether oxygens (including phenoxy) is 2. The molecule has 1 saturated heterocycles. The summed E-state index contributed by atoms with van der Waals surface area (Å²) < 4.78 is 11.5. The van der Waals surface area contributed by atoms with Gasteiger partial charge in [0.05, 0.1) is 17.7 Å². The summed E-state index contributed by atoms with van der Waals surface area (Å²) in [5.41, 5.74) is 0.847. The molecule has 5 fully saturated rings. The topological polar surface area (TPSA) is 47.9 Å². The van der Waals surface area contributed by atoms with Crippen LogP contribution < -0.4 is 0 Å². The van der Waals surface area contributed by atoms with E-state index in [1.165, 1.54) is 39.2 Å². The summed E-state index contributed by atoms with van der Waals surface area (Å²) in [5.74, 6) is 3.10. The molecular formula is C21H23NO3S. The molecule has 6 rings (SSSR count). The third-order valence-corrected chi connectivity index (χ3v) is 8.03. The molecule has 0 radical (unpaired) electrons. The molecule has 1 aliphatic heterocycles. The molecule has 136 valence electrons. The maximum absolute atomic E-state index is 11.9. The number of esters is 1. The number of carbonyl (C=O) groups excluding carboxylic acids is 1. The van der Waals surface area contributed by atoms with Crippen molar-refractivity contribution < 1.29 is 14.3 Å². The molecule has 1 aromatic rings. The molecule has 1 aromatic carbocycles. The standard InChI is InChI=1S/C21H23NO3S/c1-24-19(23)12-18-20(22-17-5-3-2-4-6-17)25-21(26-18)15-8-13-7-14(10-15)11-16(21)9-13/h2-6,12-16H,7-11H2,1H3/b18-12-,22-20?. The van der Waals surface area contributed by atoms with Crippen molar-refractivity contribution >= 4 is 29.3 Å². The molecule has 0 unspecified atom stereocenters. The van der Waals surface area contributed by atoms with Gasteiger partial charge in [0.2, 0.25) is 5.90 Å². The number of hydrogen-bond donors (Lipinski definition) is 0. The van der Waals surface area contributed by atoms with Crippen molar-refractivity contribution in [3.63, 3.8) is 0 Å². The Morgan fingerprint density at radius 1 is 1.15 bits per heavy atom. The summed E-state index contributed by atoms with van der Waals surface area (Å²) in [5, 5.41) is 0. The number of thioether (sulfide) groups is 1. The average molecular weight is 369 g/mol. The Morgan fingerprint density at radius 2 is 1.81 bits per heavy atom. The van der Waals surface area contributed by atoms with Crippen molar-refractivity contribution in [3.8, 4) is 0 Å². The Kier molecular flexibility index (Phi) is 3.89. The van der Waals surface area contributed by atoms with Gasteiger partial charge in [-0.25, -0.2) is 9.79 Å². The second kappa shape index (κ2) is 6.15. The average Bonchev–Trinajstić information content (AvgIpc) is 2.99. The van der Waals surface area contributed by atoms with Gasteiger partial charge in [-0.3, -0.25) is 0 Å². The van der Waals surface area contributed by atoms with E-state index in [0.29, 0.717) is 17.7 Å². The number of methoxy groups -OCH3 is 1. The first-order chi connectivity index (χ1) is 12.7. The highest BCUT2D eigenvalue weighted by Crippen LogP contribution is 2.66. The lowest BCUT2D eigenvalue weighted by molar-refractivity contribution is -0.134. The Morgan fingerprint density at radius 3 is 2.42 bits per heavy atom. The number of aliphatic imine (C=N–C) groups is 1. The number of benzene rings is 1. The lowest BCUT2D eigenvalue weighted by Crippen LogP contribution is -2.55. The molecule has 26 heavy (non-hydrogen) atoms. The van der Waals surface area contributed by atoms with E-state index in [2.05, 4.69) is 0 Å². The Hall–Kier alpha value is -1.75. The van der Waals surface area contributed by atoms with Crippen molar-refractivity contribution in [1.82, 2.24) is 0 Å². The third-order valence-electron chi connectivity index (χ3n) is 6.45. The summed E-state index contributed by atoms with van der Waals surface area (Å²) in [4.78, 5) is 17.2. The van der Waals surface area contributed by atoms with Gasteiger partial charge in [0, 0.05) is 17.9 Å². The van der Waals surface area contributed by atoms with Gasteiger partial charge in [0.1, 0.15) is 0 Å². The number of carbonyl (C=O) groups is 1. The molecular weight excluding hydrogens is 346 g/mol. The smallest absolute Gasteiger partial charge is 0.331 e. The lowest BCUT2D eigenvalue weighted by Gasteiger charge is -2.58. The molecule has 0 aromatic heterocycles. The zero-order valence-electron chi connectivity index (χ0n) is 14.9. The minimum atomic E-state index is -0.349. The van der Waals surface area contributed by atoms with Crippen molar-refractivity contribution in [2.24, 2.45) is 28.7 Å². The second-order valence-electron chi connectivity index (χ2n) is 8.01. The van der Waals surface area contributed by atoms with Gasteiger partial charge in [0.25, 0.3) is 0 Å². The molecule has 4 bridgehead atoms. The fraction of sp³-hybridized carbons (Fsp3) is 0.524. The molecule has 1 heterocycles. The van der Waals surface area contributed by atoms with Crippen LogP contribution in [-0.4, -0.2) is 23.9 Å². The first-order valence-electron chi connectivity index (χ1n) is 9.48. The van der Waals surface area contributed by atoms with Crippen molar-refractivity contribution in [2.45, 2.75) is 37.0 Å². The maximum atomic E-state index is 11.9. The predicted molar refractivity (Wildman–Crippen MR) is 102 cm³/mol. The van der Waals surface area contributed by atoms with Gasteiger partial charge >= 0.3 is 5.97 Å². The Bertz CT molecular complexity index is 758. The molecule has 4 nitrogen and oxygen atoms in total. The van der Waals surface area contributed by atoms with E-state index in [0.717, 1.165) is 22.4 Å².